The van der Waals surface area contributed by atoms with Crippen LogP contribution in [-0.2, 0) is 4.74 Å². The first-order valence-electron chi connectivity index (χ1n) is 10.2. The molecule has 154 valence electrons. The summed E-state index contributed by atoms with van der Waals surface area (Å²) in [7, 11) is 0. The molecule has 1 fully saturated rings. The van der Waals surface area contributed by atoms with Gasteiger partial charge in [-0.25, -0.2) is 0 Å². The van der Waals surface area contributed by atoms with Crippen LogP contribution in [0.5, 0.6) is 0 Å². The Morgan fingerprint density at radius 2 is 1.58 bits per heavy atom. The lowest BCUT2D eigenvalue weighted by Crippen LogP contribution is -2.36. The zero-order chi connectivity index (χ0) is 20.8. The monoisotopic (exact) mass is 445 g/mol. The van der Waals surface area contributed by atoms with Crippen LogP contribution in [-0.4, -0.2) is 26.3 Å². The van der Waals surface area contributed by atoms with E-state index in [0.29, 0.717) is 30.1 Å². The average Bonchev–Trinajstić information content (AvgIpc) is 2.82. The van der Waals surface area contributed by atoms with E-state index in [1.807, 2.05) is 12.1 Å². The van der Waals surface area contributed by atoms with Crippen molar-refractivity contribution >= 4 is 40.4 Å². The number of rotatable bonds is 2. The van der Waals surface area contributed by atoms with Crippen molar-refractivity contribution in [2.24, 2.45) is 0 Å². The third-order valence-electron chi connectivity index (χ3n) is 5.61. The molecular formula is C25H19NO3S2. The molecule has 0 saturated carbocycles. The highest BCUT2D eigenvalue weighted by atomic mass is 32.2. The van der Waals surface area contributed by atoms with Gasteiger partial charge in [-0.1, -0.05) is 53.9 Å². The van der Waals surface area contributed by atoms with E-state index < -0.39 is 0 Å². The van der Waals surface area contributed by atoms with E-state index in [1.165, 1.54) is 19.6 Å². The second-order valence-corrected chi connectivity index (χ2v) is 9.68. The molecule has 1 saturated heterocycles. The molecule has 0 spiro atoms. The van der Waals surface area contributed by atoms with Gasteiger partial charge in [-0.3, -0.25) is 4.79 Å². The van der Waals surface area contributed by atoms with Crippen molar-refractivity contribution in [2.45, 2.75) is 19.6 Å². The van der Waals surface area contributed by atoms with E-state index >= 15 is 0 Å². The van der Waals surface area contributed by atoms with Gasteiger partial charge >= 0.3 is 0 Å². The SMILES string of the molecule is O=c1cc(N2CCOCC2)oc2ccc(-c3cccc4c3Sc3ccccc3S4)cc12. The lowest BCUT2D eigenvalue weighted by Gasteiger charge is -2.27. The molecule has 2 aliphatic heterocycles. The predicted molar refractivity (Wildman–Crippen MR) is 126 cm³/mol. The summed E-state index contributed by atoms with van der Waals surface area (Å²) in [6.07, 6.45) is 0. The number of ether oxygens (including phenoxy) is 1. The van der Waals surface area contributed by atoms with E-state index in [2.05, 4.69) is 53.4 Å². The maximum absolute atomic E-state index is 13.0. The van der Waals surface area contributed by atoms with Crippen LogP contribution < -0.4 is 10.3 Å². The molecule has 4 nitrogen and oxygen atoms in total. The molecule has 3 heterocycles. The Morgan fingerprint density at radius 1 is 0.806 bits per heavy atom. The topological polar surface area (TPSA) is 42.7 Å². The molecule has 1 aromatic heterocycles. The first kappa shape index (κ1) is 19.0. The number of hydrogen-bond acceptors (Lipinski definition) is 6. The summed E-state index contributed by atoms with van der Waals surface area (Å²) in [6.45, 7) is 2.77. The highest BCUT2D eigenvalue weighted by Crippen LogP contribution is 2.51. The van der Waals surface area contributed by atoms with Crippen molar-refractivity contribution in [3.63, 3.8) is 0 Å². The van der Waals surface area contributed by atoms with Crippen molar-refractivity contribution in [1.29, 1.82) is 0 Å². The van der Waals surface area contributed by atoms with E-state index in [0.717, 1.165) is 24.2 Å². The fraction of sp³-hybridized carbons (Fsp3) is 0.160. The molecule has 0 atom stereocenters. The van der Waals surface area contributed by atoms with Gasteiger partial charge < -0.3 is 14.1 Å². The molecule has 2 aliphatic rings. The van der Waals surface area contributed by atoms with E-state index in [1.54, 1.807) is 29.6 Å². The van der Waals surface area contributed by atoms with Gasteiger partial charge in [-0.15, -0.1) is 0 Å². The van der Waals surface area contributed by atoms with Gasteiger partial charge in [0.25, 0.3) is 0 Å². The number of morpholine rings is 1. The highest BCUT2D eigenvalue weighted by molar-refractivity contribution is 8.05. The molecule has 4 aromatic rings. The Bertz CT molecular complexity index is 1360. The molecule has 6 heteroatoms. The zero-order valence-electron chi connectivity index (χ0n) is 16.7. The van der Waals surface area contributed by atoms with Crippen molar-refractivity contribution < 1.29 is 9.15 Å². The second-order valence-electron chi connectivity index (χ2n) is 7.54. The summed E-state index contributed by atoms with van der Waals surface area (Å²) < 4.78 is 11.5. The minimum atomic E-state index is -0.0123. The van der Waals surface area contributed by atoms with E-state index in [-0.39, 0.29) is 5.43 Å². The summed E-state index contributed by atoms with van der Waals surface area (Å²) in [5.74, 6) is 0.620. The van der Waals surface area contributed by atoms with Crippen LogP contribution >= 0.6 is 23.5 Å². The smallest absolute Gasteiger partial charge is 0.200 e. The molecule has 0 radical (unpaired) electrons. The lowest BCUT2D eigenvalue weighted by molar-refractivity contribution is 0.121. The van der Waals surface area contributed by atoms with E-state index in [9.17, 15) is 4.79 Å². The first-order chi connectivity index (χ1) is 15.3. The van der Waals surface area contributed by atoms with Crippen molar-refractivity contribution in [3.8, 4) is 11.1 Å². The van der Waals surface area contributed by atoms with Crippen LogP contribution in [0.4, 0.5) is 5.88 Å². The maximum Gasteiger partial charge on any atom is 0.200 e. The molecule has 0 amide bonds. The Hall–Kier alpha value is -2.67. The van der Waals surface area contributed by atoms with Crippen LogP contribution in [0.1, 0.15) is 0 Å². The van der Waals surface area contributed by atoms with Crippen molar-refractivity contribution in [2.75, 3.05) is 31.2 Å². The largest absolute Gasteiger partial charge is 0.440 e. The summed E-state index contributed by atoms with van der Waals surface area (Å²) in [5.41, 5.74) is 2.78. The standard InChI is InChI=1S/C25H19NO3S2/c27-19-15-24(26-10-12-28-13-11-26)29-20-9-8-16(14-18(19)20)17-4-3-7-23-25(17)31-22-6-2-1-5-21(22)30-23/h1-9,14-15H,10-13H2. The first-order valence-corrected chi connectivity index (χ1v) is 11.9. The zero-order valence-corrected chi connectivity index (χ0v) is 18.3. The van der Waals surface area contributed by atoms with Crippen molar-refractivity contribution in [1.82, 2.24) is 0 Å². The average molecular weight is 446 g/mol. The molecule has 0 unspecified atom stereocenters. The number of benzene rings is 3. The number of hydrogen-bond donors (Lipinski definition) is 0. The summed E-state index contributed by atoms with van der Waals surface area (Å²) in [4.78, 5) is 20.1. The normalized spacial score (nSPS) is 15.5. The van der Waals surface area contributed by atoms with Gasteiger partial charge in [0.2, 0.25) is 0 Å². The fourth-order valence-electron chi connectivity index (χ4n) is 4.03. The molecule has 3 aromatic carbocycles. The molecule has 0 N–H and O–H groups in total. The quantitative estimate of drug-likeness (QED) is 0.336. The highest BCUT2D eigenvalue weighted by Gasteiger charge is 2.21. The molecule has 0 aliphatic carbocycles. The summed E-state index contributed by atoms with van der Waals surface area (Å²) >= 11 is 3.59. The summed E-state index contributed by atoms with van der Waals surface area (Å²) in [5, 5.41) is 0.612. The van der Waals surface area contributed by atoms with Crippen LogP contribution in [0.25, 0.3) is 22.1 Å². The number of anilines is 1. The van der Waals surface area contributed by atoms with Gasteiger partial charge in [0.15, 0.2) is 11.3 Å². The van der Waals surface area contributed by atoms with Crippen molar-refractivity contribution in [3.05, 3.63) is 77.0 Å². The van der Waals surface area contributed by atoms with Crippen LogP contribution in [0.2, 0.25) is 0 Å². The Kier molecular flexibility index (Phi) is 4.78. The Labute approximate surface area is 188 Å². The minimum absolute atomic E-state index is 0.0123. The molecule has 0 bridgehead atoms. The minimum Gasteiger partial charge on any atom is -0.440 e. The molecule has 6 rings (SSSR count). The van der Waals surface area contributed by atoms with Gasteiger partial charge in [0.1, 0.15) is 5.58 Å². The van der Waals surface area contributed by atoms with Gasteiger partial charge in [0, 0.05) is 38.7 Å². The fourth-order valence-corrected chi connectivity index (χ4v) is 6.43. The molecular weight excluding hydrogens is 426 g/mol. The lowest BCUT2D eigenvalue weighted by atomic mass is 10.0. The number of fused-ring (bicyclic) bond motifs is 3. The van der Waals surface area contributed by atoms with Crippen LogP contribution in [0.3, 0.4) is 0 Å². The third kappa shape index (κ3) is 3.45. The second kappa shape index (κ2) is 7.79. The Morgan fingerprint density at radius 3 is 2.42 bits per heavy atom. The summed E-state index contributed by atoms with van der Waals surface area (Å²) in [6, 6.07) is 22.4. The molecule has 31 heavy (non-hydrogen) atoms. The predicted octanol–water partition coefficient (Wildman–Crippen LogP) is 5.91. The van der Waals surface area contributed by atoms with Gasteiger partial charge in [-0.2, -0.15) is 0 Å². The Balaban J connectivity index is 1.42. The number of nitrogens with zero attached hydrogens (tertiary/aromatic N) is 1. The van der Waals surface area contributed by atoms with Gasteiger partial charge in [-0.05, 0) is 41.5 Å². The third-order valence-corrected chi connectivity index (χ3v) is 8.22. The van der Waals surface area contributed by atoms with Crippen LogP contribution in [0.15, 0.2) is 95.5 Å². The van der Waals surface area contributed by atoms with E-state index in [4.69, 9.17) is 9.15 Å². The van der Waals surface area contributed by atoms with Gasteiger partial charge in [0.05, 0.1) is 18.6 Å². The maximum atomic E-state index is 13.0. The van der Waals surface area contributed by atoms with Crippen LogP contribution in [0, 0.1) is 0 Å².